The van der Waals surface area contributed by atoms with Gasteiger partial charge in [0, 0.05) is 12.1 Å². The Hall–Kier alpha value is -2.77. The Bertz CT molecular complexity index is 739. The number of furan rings is 1. The number of hydrogen-bond acceptors (Lipinski definition) is 4. The molecule has 0 saturated carbocycles. The Morgan fingerprint density at radius 2 is 1.85 bits per heavy atom. The van der Waals surface area contributed by atoms with Gasteiger partial charge in [-0.1, -0.05) is 6.92 Å². The summed E-state index contributed by atoms with van der Waals surface area (Å²) in [6.45, 7) is 1.71. The fraction of sp³-hybridized carbons (Fsp3) is 0.333. The number of hydrogen-bond donors (Lipinski definition) is 0. The topological polar surface area (TPSA) is 59.8 Å². The van der Waals surface area contributed by atoms with E-state index in [2.05, 4.69) is 4.74 Å². The molecule has 0 aliphatic carbocycles. The van der Waals surface area contributed by atoms with Crippen molar-refractivity contribution >= 4 is 11.9 Å². The summed E-state index contributed by atoms with van der Waals surface area (Å²) in [5.74, 6) is -1.11. The summed E-state index contributed by atoms with van der Waals surface area (Å²) in [6, 6.07) is 7.24. The van der Waals surface area contributed by atoms with Crippen molar-refractivity contribution in [3.05, 3.63) is 59.5 Å². The third-order valence-corrected chi connectivity index (χ3v) is 3.77. The third kappa shape index (κ3) is 4.87. The molecule has 5 nitrogen and oxygen atoms in total. The van der Waals surface area contributed by atoms with Crippen LogP contribution in [0, 0.1) is 5.92 Å². The largest absolute Gasteiger partial charge is 0.469 e. The summed E-state index contributed by atoms with van der Waals surface area (Å²) in [6.07, 6.45) is -3.03. The molecule has 1 unspecified atom stereocenters. The van der Waals surface area contributed by atoms with Crippen LogP contribution in [0.3, 0.4) is 0 Å². The van der Waals surface area contributed by atoms with E-state index in [1.165, 1.54) is 18.3 Å². The molecule has 0 aliphatic rings. The molecule has 0 saturated heterocycles. The summed E-state index contributed by atoms with van der Waals surface area (Å²) in [7, 11) is 1.24. The first-order chi connectivity index (χ1) is 12.2. The second-order valence-electron chi connectivity index (χ2n) is 5.76. The van der Waals surface area contributed by atoms with Gasteiger partial charge in [-0.05, 0) is 36.4 Å². The van der Waals surface area contributed by atoms with Gasteiger partial charge in [0.1, 0.15) is 5.76 Å². The molecular weight excluding hydrogens is 351 g/mol. The van der Waals surface area contributed by atoms with E-state index in [-0.39, 0.29) is 18.7 Å². The summed E-state index contributed by atoms with van der Waals surface area (Å²) in [5.41, 5.74) is -0.754. The smallest absolute Gasteiger partial charge is 0.416 e. The van der Waals surface area contributed by atoms with Crippen molar-refractivity contribution in [3.63, 3.8) is 0 Å². The molecule has 1 aromatic carbocycles. The monoisotopic (exact) mass is 369 g/mol. The van der Waals surface area contributed by atoms with Gasteiger partial charge in [-0.3, -0.25) is 9.59 Å². The van der Waals surface area contributed by atoms with Crippen molar-refractivity contribution in [2.24, 2.45) is 5.92 Å². The highest BCUT2D eigenvalue weighted by molar-refractivity contribution is 5.94. The van der Waals surface area contributed by atoms with Crippen LogP contribution < -0.4 is 0 Å². The Morgan fingerprint density at radius 3 is 2.35 bits per heavy atom. The number of amides is 1. The number of ether oxygens (including phenoxy) is 1. The molecule has 2 aromatic rings. The standard InChI is InChI=1S/C18H18F3NO4/c1-12(17(24)25-2)10-22(11-15-4-3-9-26-15)16(23)13-5-7-14(8-6-13)18(19,20)21/h3-9,12H,10-11H2,1-2H3. The van der Waals surface area contributed by atoms with Crippen LogP contribution in [0.4, 0.5) is 13.2 Å². The Kier molecular flexibility index (Phi) is 6.07. The van der Waals surface area contributed by atoms with Crippen molar-refractivity contribution < 1.29 is 31.9 Å². The summed E-state index contributed by atoms with van der Waals surface area (Å²) in [5, 5.41) is 0. The number of halogens is 3. The zero-order valence-electron chi connectivity index (χ0n) is 14.2. The lowest BCUT2D eigenvalue weighted by Crippen LogP contribution is -2.36. The van der Waals surface area contributed by atoms with Gasteiger partial charge in [0.15, 0.2) is 0 Å². The predicted molar refractivity (Wildman–Crippen MR) is 86.1 cm³/mol. The van der Waals surface area contributed by atoms with Crippen LogP contribution in [0.5, 0.6) is 0 Å². The highest BCUT2D eigenvalue weighted by Crippen LogP contribution is 2.29. The lowest BCUT2D eigenvalue weighted by molar-refractivity contribution is -0.145. The molecule has 0 spiro atoms. The predicted octanol–water partition coefficient (Wildman–Crippen LogP) is 3.75. The molecule has 1 heterocycles. The van der Waals surface area contributed by atoms with Crippen LogP contribution in [0.15, 0.2) is 47.1 Å². The molecule has 8 heteroatoms. The number of nitrogens with zero attached hydrogens (tertiary/aromatic N) is 1. The molecule has 0 aliphatic heterocycles. The highest BCUT2D eigenvalue weighted by Gasteiger charge is 2.31. The molecule has 1 amide bonds. The highest BCUT2D eigenvalue weighted by atomic mass is 19.4. The average molecular weight is 369 g/mol. The van der Waals surface area contributed by atoms with Crippen LogP contribution >= 0.6 is 0 Å². The minimum Gasteiger partial charge on any atom is -0.469 e. The molecular formula is C18H18F3NO4. The van der Waals surface area contributed by atoms with Gasteiger partial charge < -0.3 is 14.1 Å². The minimum absolute atomic E-state index is 0.0349. The fourth-order valence-corrected chi connectivity index (χ4v) is 2.40. The molecule has 1 atom stereocenters. The maximum absolute atomic E-state index is 12.7. The van der Waals surface area contributed by atoms with Gasteiger partial charge in [0.2, 0.25) is 0 Å². The zero-order chi connectivity index (χ0) is 19.3. The number of esters is 1. The van der Waals surface area contributed by atoms with E-state index in [9.17, 15) is 22.8 Å². The fourth-order valence-electron chi connectivity index (χ4n) is 2.40. The van der Waals surface area contributed by atoms with Gasteiger partial charge in [-0.15, -0.1) is 0 Å². The maximum Gasteiger partial charge on any atom is 0.416 e. The molecule has 1 aromatic heterocycles. The summed E-state index contributed by atoms with van der Waals surface area (Å²) in [4.78, 5) is 25.7. The van der Waals surface area contributed by atoms with Gasteiger partial charge in [0.25, 0.3) is 5.91 Å². The van der Waals surface area contributed by atoms with Gasteiger partial charge in [-0.2, -0.15) is 13.2 Å². The van der Waals surface area contributed by atoms with Gasteiger partial charge in [0.05, 0.1) is 31.4 Å². The number of rotatable bonds is 6. The van der Waals surface area contributed by atoms with E-state index >= 15 is 0 Å². The van der Waals surface area contributed by atoms with E-state index in [4.69, 9.17) is 4.42 Å². The van der Waals surface area contributed by atoms with E-state index in [1.807, 2.05) is 0 Å². The van der Waals surface area contributed by atoms with Crippen molar-refractivity contribution in [2.45, 2.75) is 19.6 Å². The van der Waals surface area contributed by atoms with E-state index in [1.54, 1.807) is 19.1 Å². The summed E-state index contributed by atoms with van der Waals surface area (Å²) < 4.78 is 47.9. The molecule has 0 bridgehead atoms. The Balaban J connectivity index is 2.22. The van der Waals surface area contributed by atoms with Crippen LogP contribution in [0.2, 0.25) is 0 Å². The van der Waals surface area contributed by atoms with Crippen molar-refractivity contribution in [2.75, 3.05) is 13.7 Å². The van der Waals surface area contributed by atoms with Crippen molar-refractivity contribution in [1.29, 1.82) is 0 Å². The molecule has 140 valence electrons. The second-order valence-corrected chi connectivity index (χ2v) is 5.76. The van der Waals surface area contributed by atoms with Crippen LogP contribution in [0.1, 0.15) is 28.6 Å². The SMILES string of the molecule is COC(=O)C(C)CN(Cc1ccco1)C(=O)c1ccc(C(F)(F)F)cc1. The van der Waals surface area contributed by atoms with Gasteiger partial charge in [-0.25, -0.2) is 0 Å². The molecule has 26 heavy (non-hydrogen) atoms. The van der Waals surface area contributed by atoms with Crippen LogP contribution in [0.25, 0.3) is 0 Å². The van der Waals surface area contributed by atoms with Crippen molar-refractivity contribution in [1.82, 2.24) is 4.90 Å². The van der Waals surface area contributed by atoms with E-state index in [0.717, 1.165) is 24.3 Å². The first-order valence-corrected chi connectivity index (χ1v) is 7.79. The summed E-state index contributed by atoms with van der Waals surface area (Å²) >= 11 is 0. The lowest BCUT2D eigenvalue weighted by Gasteiger charge is -2.24. The Morgan fingerprint density at radius 1 is 1.19 bits per heavy atom. The quantitative estimate of drug-likeness (QED) is 0.728. The zero-order valence-corrected chi connectivity index (χ0v) is 14.2. The average Bonchev–Trinajstić information content (AvgIpc) is 3.12. The van der Waals surface area contributed by atoms with E-state index < -0.39 is 29.5 Å². The number of benzene rings is 1. The van der Waals surface area contributed by atoms with Gasteiger partial charge >= 0.3 is 12.1 Å². The second kappa shape index (κ2) is 8.07. The number of alkyl halides is 3. The molecule has 0 N–H and O–H groups in total. The first kappa shape index (κ1) is 19.6. The number of carbonyl (C=O) groups excluding carboxylic acids is 2. The molecule has 0 fully saturated rings. The lowest BCUT2D eigenvalue weighted by atomic mass is 10.1. The molecule has 0 radical (unpaired) electrons. The minimum atomic E-state index is -4.48. The maximum atomic E-state index is 12.7. The van der Waals surface area contributed by atoms with Crippen molar-refractivity contribution in [3.8, 4) is 0 Å². The normalized spacial score (nSPS) is 12.5. The van der Waals surface area contributed by atoms with E-state index in [0.29, 0.717) is 5.76 Å². The third-order valence-electron chi connectivity index (χ3n) is 3.77. The van der Waals surface area contributed by atoms with Crippen LogP contribution in [-0.4, -0.2) is 30.4 Å². The Labute approximate surface area is 148 Å². The number of carbonyl (C=O) groups is 2. The number of methoxy groups -OCH3 is 1. The van der Waals surface area contributed by atoms with Crippen LogP contribution in [-0.2, 0) is 22.3 Å². The first-order valence-electron chi connectivity index (χ1n) is 7.79. The molecule has 2 rings (SSSR count).